The van der Waals surface area contributed by atoms with E-state index in [2.05, 4.69) is 5.32 Å². The summed E-state index contributed by atoms with van der Waals surface area (Å²) in [7, 11) is -3.68. The largest absolute Gasteiger partial charge is 0.310 e. The van der Waals surface area contributed by atoms with Gasteiger partial charge in [-0.15, -0.1) is 0 Å². The number of nitrogens with one attached hydrogen (secondary N) is 1. The third-order valence-corrected chi connectivity index (χ3v) is 5.33. The zero-order chi connectivity index (χ0) is 14.8. The molecule has 0 atom stereocenters. The molecule has 0 unspecified atom stereocenters. The van der Waals surface area contributed by atoms with Crippen LogP contribution in [0.5, 0.6) is 0 Å². The van der Waals surface area contributed by atoms with Gasteiger partial charge in [0.25, 0.3) is 0 Å². The first-order chi connectivity index (χ1) is 9.41. The van der Waals surface area contributed by atoms with Crippen molar-refractivity contribution < 1.29 is 12.8 Å². The topological polar surface area (TPSA) is 49.4 Å². The molecule has 112 valence electrons. The van der Waals surface area contributed by atoms with Gasteiger partial charge in [0.2, 0.25) is 10.0 Å². The van der Waals surface area contributed by atoms with Crippen molar-refractivity contribution in [3.05, 3.63) is 29.6 Å². The molecule has 1 saturated heterocycles. The average molecular weight is 300 g/mol. The molecular weight excluding hydrogens is 279 g/mol. The van der Waals surface area contributed by atoms with E-state index in [1.165, 1.54) is 16.4 Å². The Morgan fingerprint density at radius 2 is 1.95 bits per heavy atom. The van der Waals surface area contributed by atoms with Crippen LogP contribution < -0.4 is 5.32 Å². The van der Waals surface area contributed by atoms with Gasteiger partial charge in [0.1, 0.15) is 10.7 Å². The first-order valence-corrected chi connectivity index (χ1v) is 8.37. The van der Waals surface area contributed by atoms with Gasteiger partial charge in [0.05, 0.1) is 0 Å². The Morgan fingerprint density at radius 1 is 1.30 bits per heavy atom. The molecule has 1 heterocycles. The van der Waals surface area contributed by atoms with E-state index in [9.17, 15) is 12.8 Å². The van der Waals surface area contributed by atoms with E-state index < -0.39 is 15.8 Å². The number of halogens is 1. The fourth-order valence-electron chi connectivity index (χ4n) is 2.25. The van der Waals surface area contributed by atoms with Gasteiger partial charge in [-0.2, -0.15) is 4.31 Å². The van der Waals surface area contributed by atoms with Gasteiger partial charge in [-0.3, -0.25) is 0 Å². The molecule has 0 aliphatic carbocycles. The number of rotatable bonds is 5. The normalized spacial score (nSPS) is 17.0. The maximum Gasteiger partial charge on any atom is 0.245 e. The standard InChI is InChI=1S/C14H21FN2O2S/c1-11(2)16-10-12-5-6-14(13(15)9-12)20(18,19)17-7-3-4-8-17/h5-6,9,11,16H,3-4,7-8,10H2,1-2H3. The number of benzene rings is 1. The molecule has 0 amide bonds. The molecular formula is C14H21FN2O2S. The quantitative estimate of drug-likeness (QED) is 0.906. The maximum atomic E-state index is 14.1. The predicted octanol–water partition coefficient (Wildman–Crippen LogP) is 2.11. The highest BCUT2D eigenvalue weighted by Gasteiger charge is 2.29. The third kappa shape index (κ3) is 3.37. The van der Waals surface area contributed by atoms with E-state index in [0.717, 1.165) is 18.4 Å². The molecule has 0 bridgehead atoms. The molecule has 20 heavy (non-hydrogen) atoms. The van der Waals surface area contributed by atoms with Crippen LogP contribution in [0.3, 0.4) is 0 Å². The number of hydrogen-bond donors (Lipinski definition) is 1. The summed E-state index contributed by atoms with van der Waals surface area (Å²) in [5.74, 6) is -0.667. The van der Waals surface area contributed by atoms with Crippen LogP contribution in [0.2, 0.25) is 0 Å². The third-order valence-electron chi connectivity index (χ3n) is 3.39. The van der Waals surface area contributed by atoms with Crippen molar-refractivity contribution in [1.29, 1.82) is 0 Å². The van der Waals surface area contributed by atoms with Crippen LogP contribution in [0, 0.1) is 5.82 Å². The lowest BCUT2D eigenvalue weighted by molar-refractivity contribution is 0.469. The monoisotopic (exact) mass is 300 g/mol. The molecule has 1 aromatic rings. The van der Waals surface area contributed by atoms with Crippen molar-refractivity contribution in [3.63, 3.8) is 0 Å². The van der Waals surface area contributed by atoms with Crippen LogP contribution in [-0.4, -0.2) is 31.9 Å². The summed E-state index contributed by atoms with van der Waals surface area (Å²) in [6.45, 7) is 5.50. The van der Waals surface area contributed by atoms with Crippen molar-refractivity contribution >= 4 is 10.0 Å². The molecule has 6 heteroatoms. The van der Waals surface area contributed by atoms with Crippen LogP contribution in [-0.2, 0) is 16.6 Å². The molecule has 1 aromatic carbocycles. The summed E-state index contributed by atoms with van der Waals surface area (Å²) in [6, 6.07) is 4.64. The Morgan fingerprint density at radius 3 is 2.50 bits per heavy atom. The maximum absolute atomic E-state index is 14.1. The summed E-state index contributed by atoms with van der Waals surface area (Å²) < 4.78 is 40.1. The lowest BCUT2D eigenvalue weighted by Crippen LogP contribution is -2.28. The van der Waals surface area contributed by atoms with Crippen molar-refractivity contribution in [3.8, 4) is 0 Å². The fourth-order valence-corrected chi connectivity index (χ4v) is 3.82. The second-order valence-electron chi connectivity index (χ2n) is 5.41. The van der Waals surface area contributed by atoms with E-state index in [1.807, 2.05) is 13.8 Å². The number of hydrogen-bond acceptors (Lipinski definition) is 3. The van der Waals surface area contributed by atoms with E-state index in [4.69, 9.17) is 0 Å². The highest BCUT2D eigenvalue weighted by atomic mass is 32.2. The van der Waals surface area contributed by atoms with Crippen molar-refractivity contribution in [2.45, 2.75) is 44.2 Å². The Labute approximate surface area is 120 Å². The summed E-state index contributed by atoms with van der Waals surface area (Å²) in [5.41, 5.74) is 0.747. The van der Waals surface area contributed by atoms with Gasteiger partial charge in [0.15, 0.2) is 0 Å². The van der Waals surface area contributed by atoms with Gasteiger partial charge in [0, 0.05) is 25.7 Å². The average Bonchev–Trinajstić information content (AvgIpc) is 2.90. The van der Waals surface area contributed by atoms with Crippen LogP contribution in [0.1, 0.15) is 32.3 Å². The van der Waals surface area contributed by atoms with Gasteiger partial charge in [-0.05, 0) is 30.5 Å². The smallest absolute Gasteiger partial charge is 0.245 e. The summed E-state index contributed by atoms with van der Waals surface area (Å²) in [4.78, 5) is -0.215. The molecule has 0 saturated carbocycles. The Kier molecular flexibility index (Phi) is 4.78. The van der Waals surface area contributed by atoms with Crippen LogP contribution in [0.25, 0.3) is 0 Å². The fraction of sp³-hybridized carbons (Fsp3) is 0.571. The molecule has 1 N–H and O–H groups in total. The van der Waals surface area contributed by atoms with Crippen molar-refractivity contribution in [2.75, 3.05) is 13.1 Å². The van der Waals surface area contributed by atoms with Gasteiger partial charge < -0.3 is 5.32 Å². The zero-order valence-corrected chi connectivity index (χ0v) is 12.7. The zero-order valence-electron chi connectivity index (χ0n) is 11.9. The molecule has 0 radical (unpaired) electrons. The van der Waals surface area contributed by atoms with Gasteiger partial charge in [-0.1, -0.05) is 19.9 Å². The van der Waals surface area contributed by atoms with Gasteiger partial charge in [-0.25, -0.2) is 12.8 Å². The number of nitrogens with zero attached hydrogens (tertiary/aromatic N) is 1. The van der Waals surface area contributed by atoms with E-state index in [0.29, 0.717) is 25.7 Å². The van der Waals surface area contributed by atoms with Gasteiger partial charge >= 0.3 is 0 Å². The number of sulfonamides is 1. The predicted molar refractivity (Wildman–Crippen MR) is 76.4 cm³/mol. The minimum atomic E-state index is -3.68. The van der Waals surface area contributed by atoms with E-state index in [-0.39, 0.29) is 4.90 Å². The van der Waals surface area contributed by atoms with Crippen molar-refractivity contribution in [1.82, 2.24) is 9.62 Å². The molecule has 4 nitrogen and oxygen atoms in total. The van der Waals surface area contributed by atoms with E-state index >= 15 is 0 Å². The molecule has 1 aliphatic rings. The molecule has 0 spiro atoms. The first kappa shape index (κ1) is 15.4. The van der Waals surface area contributed by atoms with Crippen LogP contribution >= 0.6 is 0 Å². The second-order valence-corrected chi connectivity index (χ2v) is 7.32. The van der Waals surface area contributed by atoms with E-state index in [1.54, 1.807) is 6.07 Å². The minimum Gasteiger partial charge on any atom is -0.310 e. The van der Waals surface area contributed by atoms with Crippen LogP contribution in [0.4, 0.5) is 4.39 Å². The highest BCUT2D eigenvalue weighted by molar-refractivity contribution is 7.89. The van der Waals surface area contributed by atoms with Crippen molar-refractivity contribution in [2.24, 2.45) is 0 Å². The summed E-state index contributed by atoms with van der Waals surface area (Å²) in [6.07, 6.45) is 1.69. The molecule has 1 fully saturated rings. The lowest BCUT2D eigenvalue weighted by Gasteiger charge is -2.16. The second kappa shape index (κ2) is 6.20. The highest BCUT2D eigenvalue weighted by Crippen LogP contribution is 2.23. The Hall–Kier alpha value is -0.980. The minimum absolute atomic E-state index is 0.215. The Balaban J connectivity index is 2.21. The first-order valence-electron chi connectivity index (χ1n) is 6.93. The summed E-state index contributed by atoms with van der Waals surface area (Å²) >= 11 is 0. The van der Waals surface area contributed by atoms with Crippen LogP contribution in [0.15, 0.2) is 23.1 Å². The lowest BCUT2D eigenvalue weighted by atomic mass is 10.2. The molecule has 2 rings (SSSR count). The molecule has 1 aliphatic heterocycles. The summed E-state index contributed by atoms with van der Waals surface area (Å²) in [5, 5.41) is 3.18. The SMILES string of the molecule is CC(C)NCc1ccc(S(=O)(=O)N2CCCC2)c(F)c1. The molecule has 0 aromatic heterocycles. The Bertz CT molecular complexity index is 567.